The van der Waals surface area contributed by atoms with Gasteiger partial charge >= 0.3 is 0 Å². The average Bonchev–Trinajstić information content (AvgIpc) is 2.02. The van der Waals surface area contributed by atoms with E-state index in [0.717, 1.165) is 12.8 Å². The molecule has 0 radical (unpaired) electrons. The van der Waals surface area contributed by atoms with E-state index in [0.29, 0.717) is 24.4 Å². The third-order valence-corrected chi connectivity index (χ3v) is 3.56. The summed E-state index contributed by atoms with van der Waals surface area (Å²) < 4.78 is 5.16. The normalized spacial score (nSPS) is 39.0. The Morgan fingerprint density at radius 3 is 2.57 bits per heavy atom. The smallest absolute Gasteiger partial charge is 0.0912 e. The molecular weight excluding hydrogens is 176 g/mol. The van der Waals surface area contributed by atoms with Crippen molar-refractivity contribution in [1.29, 1.82) is 0 Å². The van der Waals surface area contributed by atoms with Gasteiger partial charge in [-0.05, 0) is 30.6 Å². The Morgan fingerprint density at radius 1 is 1.43 bits per heavy atom. The molecule has 0 aromatic rings. The van der Waals surface area contributed by atoms with Gasteiger partial charge in [-0.15, -0.1) is 0 Å². The minimum absolute atomic E-state index is 0.402. The lowest BCUT2D eigenvalue weighted by Crippen LogP contribution is -2.48. The molecule has 3 unspecified atom stereocenters. The second-order valence-electron chi connectivity index (χ2n) is 5.27. The zero-order valence-electron chi connectivity index (χ0n) is 9.92. The molecule has 0 heterocycles. The molecule has 14 heavy (non-hydrogen) atoms. The maximum absolute atomic E-state index is 10.5. The van der Waals surface area contributed by atoms with Crippen molar-refractivity contribution in [2.75, 3.05) is 13.7 Å². The molecule has 1 N–H and O–H groups in total. The molecule has 0 bridgehead atoms. The lowest BCUT2D eigenvalue weighted by molar-refractivity contribution is -0.120. The zero-order chi connectivity index (χ0) is 10.8. The first kappa shape index (κ1) is 12.0. The first-order valence-corrected chi connectivity index (χ1v) is 5.71. The molecule has 0 saturated heterocycles. The highest BCUT2D eigenvalue weighted by atomic mass is 16.5. The number of ether oxygens (including phenoxy) is 1. The molecule has 1 fully saturated rings. The summed E-state index contributed by atoms with van der Waals surface area (Å²) in [5.74, 6) is 1.58. The summed E-state index contributed by atoms with van der Waals surface area (Å²) in [4.78, 5) is 0. The van der Waals surface area contributed by atoms with Crippen molar-refractivity contribution in [3.8, 4) is 0 Å². The van der Waals surface area contributed by atoms with E-state index in [9.17, 15) is 5.11 Å². The van der Waals surface area contributed by atoms with Gasteiger partial charge in [-0.25, -0.2) is 0 Å². The maximum Gasteiger partial charge on any atom is 0.0912 e. The fourth-order valence-electron chi connectivity index (χ4n) is 2.96. The van der Waals surface area contributed by atoms with E-state index < -0.39 is 5.60 Å². The zero-order valence-corrected chi connectivity index (χ0v) is 9.92. The topological polar surface area (TPSA) is 29.5 Å². The van der Waals surface area contributed by atoms with Gasteiger partial charge in [0.25, 0.3) is 0 Å². The Balaban J connectivity index is 2.72. The molecular formula is C12H24O2. The Hall–Kier alpha value is -0.0800. The number of hydrogen-bond donors (Lipinski definition) is 1. The van der Waals surface area contributed by atoms with Crippen molar-refractivity contribution in [1.82, 2.24) is 0 Å². The maximum atomic E-state index is 10.5. The predicted molar refractivity (Wildman–Crippen MR) is 58.2 cm³/mol. The minimum atomic E-state index is -0.583. The van der Waals surface area contributed by atoms with E-state index in [1.54, 1.807) is 7.11 Å². The van der Waals surface area contributed by atoms with Crippen LogP contribution in [-0.2, 0) is 4.74 Å². The number of rotatable bonds is 3. The molecule has 3 atom stereocenters. The summed E-state index contributed by atoms with van der Waals surface area (Å²) in [5, 5.41) is 10.5. The molecule has 1 aliphatic carbocycles. The van der Waals surface area contributed by atoms with Gasteiger partial charge in [0.2, 0.25) is 0 Å². The molecule has 1 aliphatic rings. The van der Waals surface area contributed by atoms with E-state index in [1.165, 1.54) is 6.42 Å². The van der Waals surface area contributed by atoms with Crippen molar-refractivity contribution in [2.45, 2.75) is 45.6 Å². The Morgan fingerprint density at radius 2 is 2.07 bits per heavy atom. The largest absolute Gasteiger partial charge is 0.387 e. The summed E-state index contributed by atoms with van der Waals surface area (Å²) in [5.41, 5.74) is -0.583. The van der Waals surface area contributed by atoms with Gasteiger partial charge in [0.15, 0.2) is 0 Å². The predicted octanol–water partition coefficient (Wildman–Crippen LogP) is 2.46. The molecule has 0 spiro atoms. The van der Waals surface area contributed by atoms with Crippen LogP contribution in [0.5, 0.6) is 0 Å². The van der Waals surface area contributed by atoms with Gasteiger partial charge in [0.1, 0.15) is 0 Å². The quantitative estimate of drug-likeness (QED) is 0.758. The van der Waals surface area contributed by atoms with Gasteiger partial charge in [-0.1, -0.05) is 27.2 Å². The Kier molecular flexibility index (Phi) is 3.96. The highest BCUT2D eigenvalue weighted by Crippen LogP contribution is 2.40. The van der Waals surface area contributed by atoms with Gasteiger partial charge in [-0.2, -0.15) is 0 Å². The Bertz CT molecular complexity index is 179. The first-order valence-electron chi connectivity index (χ1n) is 5.71. The van der Waals surface area contributed by atoms with E-state index in [1.807, 2.05) is 0 Å². The van der Waals surface area contributed by atoms with Crippen LogP contribution in [0.15, 0.2) is 0 Å². The van der Waals surface area contributed by atoms with E-state index in [-0.39, 0.29) is 0 Å². The van der Waals surface area contributed by atoms with Crippen LogP contribution < -0.4 is 0 Å². The summed E-state index contributed by atoms with van der Waals surface area (Å²) in [6, 6.07) is 0. The van der Waals surface area contributed by atoms with Gasteiger partial charge < -0.3 is 9.84 Å². The summed E-state index contributed by atoms with van der Waals surface area (Å²) in [6.07, 6.45) is 3.28. The molecule has 1 rings (SSSR count). The lowest BCUT2D eigenvalue weighted by atomic mass is 9.67. The molecule has 0 aliphatic heterocycles. The second kappa shape index (κ2) is 4.63. The van der Waals surface area contributed by atoms with Crippen molar-refractivity contribution < 1.29 is 9.84 Å². The van der Waals surface area contributed by atoms with Crippen molar-refractivity contribution in [3.05, 3.63) is 0 Å². The molecule has 1 saturated carbocycles. The number of hydrogen-bond acceptors (Lipinski definition) is 2. The molecule has 2 nitrogen and oxygen atoms in total. The average molecular weight is 200 g/mol. The third kappa shape index (κ3) is 2.48. The third-order valence-electron chi connectivity index (χ3n) is 3.56. The molecule has 84 valence electrons. The minimum Gasteiger partial charge on any atom is -0.387 e. The fourth-order valence-corrected chi connectivity index (χ4v) is 2.96. The van der Waals surface area contributed by atoms with Gasteiger partial charge in [0, 0.05) is 7.11 Å². The first-order chi connectivity index (χ1) is 6.49. The molecule has 0 aromatic carbocycles. The highest BCUT2D eigenvalue weighted by molar-refractivity contribution is 4.93. The van der Waals surface area contributed by atoms with E-state index in [4.69, 9.17) is 4.74 Å². The SMILES string of the molecule is COCC1(O)CC(C)CCC1C(C)C. The fraction of sp³-hybridized carbons (Fsp3) is 1.00. The number of methoxy groups -OCH3 is 1. The standard InChI is InChI=1S/C12H24O2/c1-9(2)11-6-5-10(3)7-12(11,13)8-14-4/h9-11,13H,5-8H2,1-4H3. The van der Waals surface area contributed by atoms with Gasteiger partial charge in [-0.3, -0.25) is 0 Å². The lowest BCUT2D eigenvalue weighted by Gasteiger charge is -2.44. The van der Waals surface area contributed by atoms with Crippen LogP contribution in [0.3, 0.4) is 0 Å². The summed E-state index contributed by atoms with van der Waals surface area (Å²) in [7, 11) is 1.68. The Labute approximate surface area is 87.7 Å². The van der Waals surface area contributed by atoms with Crippen LogP contribution in [0.25, 0.3) is 0 Å². The van der Waals surface area contributed by atoms with Crippen LogP contribution in [0.2, 0.25) is 0 Å². The van der Waals surface area contributed by atoms with Crippen molar-refractivity contribution >= 4 is 0 Å². The van der Waals surface area contributed by atoms with Gasteiger partial charge in [0.05, 0.1) is 12.2 Å². The second-order valence-corrected chi connectivity index (χ2v) is 5.27. The monoisotopic (exact) mass is 200 g/mol. The number of aliphatic hydroxyl groups is 1. The summed E-state index contributed by atoms with van der Waals surface area (Å²) >= 11 is 0. The van der Waals surface area contributed by atoms with E-state index >= 15 is 0 Å². The van der Waals surface area contributed by atoms with Crippen LogP contribution >= 0.6 is 0 Å². The molecule has 0 aromatic heterocycles. The van der Waals surface area contributed by atoms with Crippen LogP contribution in [-0.4, -0.2) is 24.4 Å². The van der Waals surface area contributed by atoms with Crippen molar-refractivity contribution in [2.24, 2.45) is 17.8 Å². The molecule has 2 heteroatoms. The summed E-state index contributed by atoms with van der Waals surface area (Å²) in [6.45, 7) is 7.10. The van der Waals surface area contributed by atoms with Crippen LogP contribution in [0, 0.1) is 17.8 Å². The van der Waals surface area contributed by atoms with Crippen LogP contribution in [0.4, 0.5) is 0 Å². The van der Waals surface area contributed by atoms with Crippen LogP contribution in [0.1, 0.15) is 40.0 Å². The highest BCUT2D eigenvalue weighted by Gasteiger charge is 2.42. The van der Waals surface area contributed by atoms with E-state index in [2.05, 4.69) is 20.8 Å². The van der Waals surface area contributed by atoms with Crippen molar-refractivity contribution in [3.63, 3.8) is 0 Å². The molecule has 0 amide bonds.